The fraction of sp³-hybridized carbons (Fsp3) is 1.00. The molecule has 2 heterocycles. The van der Waals surface area contributed by atoms with E-state index in [2.05, 4.69) is 0 Å². The first-order valence-corrected chi connectivity index (χ1v) is 7.37. The molecule has 16 heavy (non-hydrogen) atoms. The molecule has 5 nitrogen and oxygen atoms in total. The number of hydrogen-bond donors (Lipinski definition) is 2. The van der Waals surface area contributed by atoms with Gasteiger partial charge in [-0.25, -0.2) is 8.42 Å². The van der Waals surface area contributed by atoms with Crippen molar-refractivity contribution in [1.29, 1.82) is 0 Å². The summed E-state index contributed by atoms with van der Waals surface area (Å²) in [7, 11) is -3.17. The van der Waals surface area contributed by atoms with Crippen LogP contribution in [0, 0.1) is 5.41 Å². The number of hydrogen-bond acceptors (Lipinski definition) is 5. The Morgan fingerprint density at radius 1 is 1.31 bits per heavy atom. The molecule has 2 saturated heterocycles. The number of aliphatic hydroxyl groups is 2. The van der Waals surface area contributed by atoms with Gasteiger partial charge < -0.3 is 14.9 Å². The molecule has 94 valence electrons. The van der Waals surface area contributed by atoms with Crippen LogP contribution in [0.15, 0.2) is 0 Å². The van der Waals surface area contributed by atoms with Crippen molar-refractivity contribution in [1.82, 2.24) is 0 Å². The summed E-state index contributed by atoms with van der Waals surface area (Å²) in [6, 6.07) is 0. The van der Waals surface area contributed by atoms with Crippen molar-refractivity contribution >= 4 is 9.84 Å². The van der Waals surface area contributed by atoms with Gasteiger partial charge >= 0.3 is 0 Å². The van der Waals surface area contributed by atoms with Gasteiger partial charge in [0, 0.05) is 12.0 Å². The molecule has 2 fully saturated rings. The minimum absolute atomic E-state index is 0.00521. The molecule has 0 amide bonds. The van der Waals surface area contributed by atoms with Gasteiger partial charge in [-0.2, -0.15) is 0 Å². The van der Waals surface area contributed by atoms with Crippen LogP contribution >= 0.6 is 0 Å². The summed E-state index contributed by atoms with van der Waals surface area (Å²) in [5, 5.41) is 20.0. The lowest BCUT2D eigenvalue weighted by Crippen LogP contribution is -2.56. The zero-order chi connectivity index (χ0) is 11.9. The highest BCUT2D eigenvalue weighted by Crippen LogP contribution is 2.44. The highest BCUT2D eigenvalue weighted by molar-refractivity contribution is 7.91. The van der Waals surface area contributed by atoms with Crippen LogP contribution in [0.5, 0.6) is 0 Å². The summed E-state index contributed by atoms with van der Waals surface area (Å²) in [5.74, 6) is -0.241. The van der Waals surface area contributed by atoms with Crippen LogP contribution in [0.3, 0.4) is 0 Å². The quantitative estimate of drug-likeness (QED) is 0.679. The Morgan fingerprint density at radius 3 is 2.50 bits per heavy atom. The van der Waals surface area contributed by atoms with Crippen LogP contribution in [-0.4, -0.2) is 55.6 Å². The summed E-state index contributed by atoms with van der Waals surface area (Å²) in [6.45, 7) is 0.638. The van der Waals surface area contributed by atoms with Crippen molar-refractivity contribution < 1.29 is 23.4 Å². The Morgan fingerprint density at radius 2 is 2.06 bits per heavy atom. The molecule has 0 radical (unpaired) electrons. The predicted octanol–water partition coefficient (Wildman–Crippen LogP) is -0.675. The third-order valence-electron chi connectivity index (χ3n) is 3.90. The zero-order valence-corrected chi connectivity index (χ0v) is 10.0. The second kappa shape index (κ2) is 3.94. The smallest absolute Gasteiger partial charge is 0.153 e. The van der Waals surface area contributed by atoms with Crippen molar-refractivity contribution in [2.24, 2.45) is 5.41 Å². The van der Waals surface area contributed by atoms with Crippen molar-refractivity contribution in [3.63, 3.8) is 0 Å². The first-order valence-electron chi connectivity index (χ1n) is 5.55. The van der Waals surface area contributed by atoms with E-state index in [0.717, 1.165) is 6.42 Å². The number of aliphatic hydroxyl groups excluding tert-OH is 1. The molecule has 0 saturated carbocycles. The maximum Gasteiger partial charge on any atom is 0.153 e. The molecule has 2 atom stereocenters. The molecule has 0 spiro atoms. The fourth-order valence-corrected chi connectivity index (χ4v) is 4.71. The van der Waals surface area contributed by atoms with Crippen molar-refractivity contribution in [3.05, 3.63) is 0 Å². The molecule has 2 aliphatic heterocycles. The summed E-state index contributed by atoms with van der Waals surface area (Å²) in [4.78, 5) is 0. The number of rotatable bonds is 2. The second-order valence-electron chi connectivity index (χ2n) is 4.97. The molecule has 2 rings (SSSR count). The molecule has 0 bridgehead atoms. The van der Waals surface area contributed by atoms with Gasteiger partial charge in [0.2, 0.25) is 0 Å². The molecular weight excluding hydrogens is 232 g/mol. The van der Waals surface area contributed by atoms with Crippen LogP contribution in [-0.2, 0) is 14.6 Å². The van der Waals surface area contributed by atoms with E-state index in [1.54, 1.807) is 0 Å². The Hall–Kier alpha value is -0.170. The SMILES string of the molecule is O=S1(=O)CCC(O)(C2(CO)CCCOC2)C1. The van der Waals surface area contributed by atoms with E-state index in [1.807, 2.05) is 0 Å². The van der Waals surface area contributed by atoms with Gasteiger partial charge in [-0.3, -0.25) is 0 Å². The Balaban J connectivity index is 2.27. The Labute approximate surface area is 95.3 Å². The topological polar surface area (TPSA) is 83.8 Å². The van der Waals surface area contributed by atoms with E-state index < -0.39 is 20.9 Å². The second-order valence-corrected chi connectivity index (χ2v) is 7.15. The summed E-state index contributed by atoms with van der Waals surface area (Å²) in [5.41, 5.74) is -2.12. The van der Waals surface area contributed by atoms with Crippen LogP contribution in [0.25, 0.3) is 0 Å². The fourth-order valence-electron chi connectivity index (χ4n) is 2.74. The molecule has 0 aromatic heterocycles. The Bertz CT molecular complexity index is 357. The molecule has 2 N–H and O–H groups in total. The van der Waals surface area contributed by atoms with E-state index in [4.69, 9.17) is 4.74 Å². The van der Waals surface area contributed by atoms with Crippen LogP contribution in [0.2, 0.25) is 0 Å². The minimum atomic E-state index is -3.17. The minimum Gasteiger partial charge on any atom is -0.396 e. The van der Waals surface area contributed by atoms with Gasteiger partial charge in [0.05, 0.1) is 30.3 Å². The largest absolute Gasteiger partial charge is 0.396 e. The van der Waals surface area contributed by atoms with Crippen LogP contribution in [0.1, 0.15) is 19.3 Å². The normalized spacial score (nSPS) is 43.4. The Kier molecular flexibility index (Phi) is 3.03. The number of sulfone groups is 1. The van der Waals surface area contributed by atoms with Gasteiger partial charge in [-0.15, -0.1) is 0 Å². The summed E-state index contributed by atoms with van der Waals surface area (Å²) in [6.07, 6.45) is 1.58. The lowest BCUT2D eigenvalue weighted by atomic mass is 9.68. The van der Waals surface area contributed by atoms with Gasteiger partial charge in [0.1, 0.15) is 0 Å². The average molecular weight is 250 g/mol. The van der Waals surface area contributed by atoms with E-state index >= 15 is 0 Å². The molecule has 0 aromatic rings. The van der Waals surface area contributed by atoms with Crippen molar-refractivity contribution in [3.8, 4) is 0 Å². The lowest BCUT2D eigenvalue weighted by molar-refractivity contribution is -0.154. The van der Waals surface area contributed by atoms with Gasteiger partial charge in [0.15, 0.2) is 9.84 Å². The average Bonchev–Trinajstić information content (AvgIpc) is 2.55. The highest BCUT2D eigenvalue weighted by Gasteiger charge is 2.56. The van der Waals surface area contributed by atoms with Gasteiger partial charge in [-0.05, 0) is 19.3 Å². The molecular formula is C10H18O5S. The van der Waals surface area contributed by atoms with Gasteiger partial charge in [-0.1, -0.05) is 0 Å². The van der Waals surface area contributed by atoms with E-state index in [9.17, 15) is 18.6 Å². The predicted molar refractivity (Wildman–Crippen MR) is 57.8 cm³/mol. The third-order valence-corrected chi connectivity index (χ3v) is 5.64. The summed E-state index contributed by atoms with van der Waals surface area (Å²) >= 11 is 0. The van der Waals surface area contributed by atoms with Crippen molar-refractivity contribution in [2.45, 2.75) is 24.9 Å². The number of ether oxygens (including phenoxy) is 1. The van der Waals surface area contributed by atoms with Crippen molar-refractivity contribution in [2.75, 3.05) is 31.3 Å². The lowest BCUT2D eigenvalue weighted by Gasteiger charge is -2.45. The van der Waals surface area contributed by atoms with Crippen LogP contribution < -0.4 is 0 Å². The highest BCUT2D eigenvalue weighted by atomic mass is 32.2. The van der Waals surface area contributed by atoms with Crippen LogP contribution in [0.4, 0.5) is 0 Å². The molecule has 2 unspecified atom stereocenters. The van der Waals surface area contributed by atoms with E-state index in [0.29, 0.717) is 13.0 Å². The monoisotopic (exact) mass is 250 g/mol. The third kappa shape index (κ3) is 1.88. The van der Waals surface area contributed by atoms with E-state index in [1.165, 1.54) is 0 Å². The van der Waals surface area contributed by atoms with E-state index in [-0.39, 0.29) is 31.1 Å². The first-order chi connectivity index (χ1) is 7.43. The standard InChI is InChI=1S/C10H18O5S/c11-6-9(2-1-4-15-7-9)10(12)3-5-16(13,14)8-10/h11-12H,1-8H2. The summed E-state index contributed by atoms with van der Waals surface area (Å²) < 4.78 is 28.2. The molecule has 2 aliphatic rings. The van der Waals surface area contributed by atoms with Gasteiger partial charge in [0.25, 0.3) is 0 Å². The maximum absolute atomic E-state index is 11.5. The molecule has 0 aromatic carbocycles. The first kappa shape index (κ1) is 12.3. The molecule has 0 aliphatic carbocycles. The maximum atomic E-state index is 11.5. The molecule has 6 heteroatoms. The zero-order valence-electron chi connectivity index (χ0n) is 9.18.